The van der Waals surface area contributed by atoms with Crippen molar-refractivity contribution >= 4 is 23.8 Å². The summed E-state index contributed by atoms with van der Waals surface area (Å²) >= 11 is 0. The van der Waals surface area contributed by atoms with Crippen molar-refractivity contribution in [3.63, 3.8) is 0 Å². The molecule has 0 aromatic rings. The summed E-state index contributed by atoms with van der Waals surface area (Å²) in [4.78, 5) is 48.2. The van der Waals surface area contributed by atoms with E-state index < -0.39 is 160 Å². The average molecular weight is 777 g/mol. The number of ether oxygens (including phenoxy) is 7. The Morgan fingerprint density at radius 2 is 0.943 bits per heavy atom. The molecule has 53 heavy (non-hydrogen) atoms. The molecule has 4 aliphatic heterocycles. The zero-order valence-corrected chi connectivity index (χ0v) is 27.8. The molecule has 4 heterocycles. The van der Waals surface area contributed by atoms with Crippen molar-refractivity contribution in [2.45, 2.75) is 137 Å². The quantitative estimate of drug-likeness (QED) is 0.0875. The SMILES string of the molecule is CC(=O)N[C@H]1C(O[C@H]2O[C@H](C(=O)O)C(O)[C@@H](O)[C@@H]2O)[C@H](O)[C@@H](CO)O[C@@H]1O[C@@H]1C(C(=O)O)O[C@H](O[C@H]2[C@H](O)[C@@H](CO)OC(O)[C@@H]2NC(C)=O)[C@@H](O)[C@H]1O. The maximum Gasteiger partial charge on any atom is 0.335 e. The largest absolute Gasteiger partial charge is 0.479 e. The molecule has 4 saturated heterocycles. The molecule has 0 aliphatic carbocycles. The zero-order valence-electron chi connectivity index (χ0n) is 27.8. The highest BCUT2D eigenvalue weighted by Crippen LogP contribution is 2.34. The van der Waals surface area contributed by atoms with Gasteiger partial charge >= 0.3 is 11.9 Å². The molecule has 304 valence electrons. The number of carbonyl (C=O) groups excluding carboxylic acids is 2. The van der Waals surface area contributed by atoms with Gasteiger partial charge in [0.15, 0.2) is 37.4 Å². The smallest absolute Gasteiger partial charge is 0.335 e. The molecule has 25 nitrogen and oxygen atoms in total. The highest BCUT2D eigenvalue weighted by atomic mass is 16.8. The lowest BCUT2D eigenvalue weighted by molar-refractivity contribution is -0.368. The van der Waals surface area contributed by atoms with Gasteiger partial charge in [-0.05, 0) is 0 Å². The Labute approximate surface area is 298 Å². The van der Waals surface area contributed by atoms with Crippen LogP contribution in [0.5, 0.6) is 0 Å². The average Bonchev–Trinajstić information content (AvgIpc) is 3.08. The number of rotatable bonds is 12. The van der Waals surface area contributed by atoms with Gasteiger partial charge in [0, 0.05) is 13.8 Å². The molecule has 2 amide bonds. The van der Waals surface area contributed by atoms with Crippen LogP contribution in [-0.4, -0.2) is 221 Å². The molecule has 0 radical (unpaired) electrons. The van der Waals surface area contributed by atoms with Gasteiger partial charge in [0.1, 0.15) is 85.3 Å². The fourth-order valence-corrected chi connectivity index (χ4v) is 6.30. The molecule has 4 unspecified atom stereocenters. The molecule has 4 fully saturated rings. The van der Waals surface area contributed by atoms with E-state index >= 15 is 0 Å². The van der Waals surface area contributed by atoms with E-state index in [0.29, 0.717) is 0 Å². The van der Waals surface area contributed by atoms with Crippen LogP contribution in [0.3, 0.4) is 0 Å². The summed E-state index contributed by atoms with van der Waals surface area (Å²) in [7, 11) is 0. The van der Waals surface area contributed by atoms with Crippen LogP contribution >= 0.6 is 0 Å². The van der Waals surface area contributed by atoms with Crippen molar-refractivity contribution in [2.24, 2.45) is 0 Å². The highest BCUT2D eigenvalue weighted by Gasteiger charge is 2.57. The number of carboxylic acids is 2. The van der Waals surface area contributed by atoms with Gasteiger partial charge in [-0.25, -0.2) is 9.59 Å². The van der Waals surface area contributed by atoms with Crippen molar-refractivity contribution in [1.29, 1.82) is 0 Å². The van der Waals surface area contributed by atoms with Gasteiger partial charge in [-0.3, -0.25) is 9.59 Å². The van der Waals surface area contributed by atoms with Crippen molar-refractivity contribution in [3.8, 4) is 0 Å². The number of carboxylic acid groups (broad SMARTS) is 2. The van der Waals surface area contributed by atoms with Gasteiger partial charge < -0.3 is 105 Å². The molecule has 0 aromatic heterocycles. The monoisotopic (exact) mass is 776 g/mol. The summed E-state index contributed by atoms with van der Waals surface area (Å²) in [6, 6.07) is -3.38. The van der Waals surface area contributed by atoms with Crippen molar-refractivity contribution in [2.75, 3.05) is 13.2 Å². The summed E-state index contributed by atoms with van der Waals surface area (Å²) in [5.74, 6) is -5.28. The second kappa shape index (κ2) is 17.8. The Bertz CT molecular complexity index is 1300. The van der Waals surface area contributed by atoms with Crippen molar-refractivity contribution in [1.82, 2.24) is 10.6 Å². The first-order valence-corrected chi connectivity index (χ1v) is 16.1. The molecule has 0 spiro atoms. The first kappa shape index (κ1) is 42.9. The third-order valence-corrected chi connectivity index (χ3v) is 8.94. The van der Waals surface area contributed by atoms with Gasteiger partial charge in [-0.2, -0.15) is 0 Å². The van der Waals surface area contributed by atoms with E-state index in [-0.39, 0.29) is 0 Å². The Morgan fingerprint density at radius 3 is 1.43 bits per heavy atom. The van der Waals surface area contributed by atoms with Crippen LogP contribution in [0.15, 0.2) is 0 Å². The van der Waals surface area contributed by atoms with E-state index in [1.54, 1.807) is 0 Å². The number of hydrogen-bond donors (Lipinski definition) is 14. The van der Waals surface area contributed by atoms with Crippen LogP contribution in [0.25, 0.3) is 0 Å². The second-order valence-corrected chi connectivity index (χ2v) is 12.7. The Balaban J connectivity index is 1.62. The molecule has 4 aliphatic rings. The Hall–Kier alpha value is -2.80. The van der Waals surface area contributed by atoms with Crippen LogP contribution in [0, 0.1) is 0 Å². The lowest BCUT2D eigenvalue weighted by Crippen LogP contribution is -2.70. The third kappa shape index (κ3) is 9.19. The Kier molecular flexibility index (Phi) is 14.4. The lowest BCUT2D eigenvalue weighted by Gasteiger charge is -2.49. The van der Waals surface area contributed by atoms with E-state index in [2.05, 4.69) is 10.6 Å². The molecule has 0 aromatic carbocycles. The molecule has 14 N–H and O–H groups in total. The van der Waals surface area contributed by atoms with E-state index in [4.69, 9.17) is 33.2 Å². The maximum atomic E-state index is 12.5. The normalized spacial score (nSPS) is 46.3. The number of carbonyl (C=O) groups is 4. The van der Waals surface area contributed by atoms with Gasteiger partial charge in [-0.1, -0.05) is 0 Å². The molecule has 0 saturated carbocycles. The standard InChI is InChI=1S/C28H44N2O23/c1-5(33)29-9-18(11(35)7(3-31)47-25(9)46)49-28-17(41)15(39)20(22(53-28)24(44)45)51-26-10(30-6(2)34)19(12(36)8(4-32)48-26)50-27-16(40)13(37)14(38)21(52-27)23(42)43/h7-22,25-28,31-32,35-41,46H,3-4H2,1-2H3,(H,29,33)(H,30,34)(H,42,43)(H,44,45)/t7-,8-,9-,10+,11-,12-,13-,14?,15-,16+,17+,18-,19?,20+,21+,22?,25?,26-,27+,28+/m1/s1. The van der Waals surface area contributed by atoms with Crippen molar-refractivity contribution < 1.29 is 114 Å². The first-order chi connectivity index (χ1) is 24.8. The van der Waals surface area contributed by atoms with Crippen LogP contribution in [-0.2, 0) is 52.3 Å². The second-order valence-electron chi connectivity index (χ2n) is 12.7. The van der Waals surface area contributed by atoms with Crippen LogP contribution in [0.1, 0.15) is 13.8 Å². The minimum absolute atomic E-state index is 0.752. The van der Waals surface area contributed by atoms with Crippen molar-refractivity contribution in [3.05, 3.63) is 0 Å². The topological polar surface area (TPSA) is 400 Å². The molecule has 0 bridgehead atoms. The third-order valence-electron chi connectivity index (χ3n) is 8.94. The van der Waals surface area contributed by atoms with Crippen LogP contribution in [0.2, 0.25) is 0 Å². The molecular formula is C28H44N2O23. The van der Waals surface area contributed by atoms with E-state index in [0.717, 1.165) is 13.8 Å². The number of nitrogens with one attached hydrogen (secondary N) is 2. The number of aliphatic hydroxyl groups excluding tert-OH is 10. The van der Waals surface area contributed by atoms with Gasteiger partial charge in [0.25, 0.3) is 0 Å². The number of aliphatic hydroxyl groups is 10. The maximum absolute atomic E-state index is 12.5. The van der Waals surface area contributed by atoms with Crippen LogP contribution in [0.4, 0.5) is 0 Å². The predicted molar refractivity (Wildman–Crippen MR) is 158 cm³/mol. The highest BCUT2D eigenvalue weighted by molar-refractivity contribution is 5.74. The summed E-state index contributed by atoms with van der Waals surface area (Å²) in [6.07, 6.45) is -36.5. The van der Waals surface area contributed by atoms with E-state index in [1.165, 1.54) is 0 Å². The van der Waals surface area contributed by atoms with Gasteiger partial charge in [0.2, 0.25) is 11.8 Å². The summed E-state index contributed by atoms with van der Waals surface area (Å²) in [5, 5.41) is 129. The number of amides is 2. The molecule has 25 heteroatoms. The first-order valence-electron chi connectivity index (χ1n) is 16.1. The molecule has 20 atom stereocenters. The fraction of sp³-hybridized carbons (Fsp3) is 0.857. The van der Waals surface area contributed by atoms with Crippen LogP contribution < -0.4 is 10.6 Å². The Morgan fingerprint density at radius 1 is 0.509 bits per heavy atom. The summed E-state index contributed by atoms with van der Waals surface area (Å²) in [6.45, 7) is 0.116. The minimum atomic E-state index is -2.30. The lowest BCUT2D eigenvalue weighted by atomic mass is 9.94. The fourth-order valence-electron chi connectivity index (χ4n) is 6.30. The van der Waals surface area contributed by atoms with Gasteiger partial charge in [0.05, 0.1) is 13.2 Å². The number of aliphatic carboxylic acids is 2. The molecular weight excluding hydrogens is 732 g/mol. The predicted octanol–water partition coefficient (Wildman–Crippen LogP) is -9.28. The van der Waals surface area contributed by atoms with Gasteiger partial charge in [-0.15, -0.1) is 0 Å². The zero-order chi connectivity index (χ0) is 39.6. The minimum Gasteiger partial charge on any atom is -0.479 e. The van der Waals surface area contributed by atoms with E-state index in [9.17, 15) is 80.5 Å². The summed E-state index contributed by atoms with van der Waals surface area (Å²) in [5.41, 5.74) is 0. The summed E-state index contributed by atoms with van der Waals surface area (Å²) < 4.78 is 38.0. The van der Waals surface area contributed by atoms with E-state index in [1.807, 2.05) is 0 Å². The molecule has 4 rings (SSSR count). The number of hydrogen-bond acceptors (Lipinski definition) is 21.